The van der Waals surface area contributed by atoms with Crippen LogP contribution in [-0.4, -0.2) is 36.0 Å². The number of carbonyl (C=O) groups is 2. The zero-order valence-corrected chi connectivity index (χ0v) is 13.5. The summed E-state index contributed by atoms with van der Waals surface area (Å²) in [6, 6.07) is 4.67. The highest BCUT2D eigenvalue weighted by Crippen LogP contribution is 2.34. The number of carbonyl (C=O) groups excluding carboxylic acids is 2. The molecule has 22 heavy (non-hydrogen) atoms. The number of aldehydes is 1. The van der Waals surface area contributed by atoms with Gasteiger partial charge in [0.05, 0.1) is 5.41 Å². The third kappa shape index (κ3) is 3.29. The molecule has 1 atom stereocenters. The van der Waals surface area contributed by atoms with Crippen LogP contribution >= 0.6 is 0 Å². The molecule has 0 aromatic heterocycles. The Balaban J connectivity index is 2.21. The van der Waals surface area contributed by atoms with Crippen molar-refractivity contribution in [3.05, 3.63) is 35.1 Å². The maximum Gasteiger partial charge on any atom is 0.410 e. The second-order valence-electron chi connectivity index (χ2n) is 6.89. The summed E-state index contributed by atoms with van der Waals surface area (Å²) >= 11 is 0. The molecule has 0 bridgehead atoms. The van der Waals surface area contributed by atoms with Crippen molar-refractivity contribution in [2.75, 3.05) is 13.1 Å². The number of hydrogen-bond acceptors (Lipinski definition) is 3. The van der Waals surface area contributed by atoms with Crippen molar-refractivity contribution in [2.24, 2.45) is 0 Å². The normalized spacial score (nSPS) is 21.8. The zero-order chi connectivity index (χ0) is 16.5. The second kappa shape index (κ2) is 5.71. The van der Waals surface area contributed by atoms with Gasteiger partial charge in [-0.05, 0) is 51.3 Å². The number of likely N-dealkylation sites (tertiary alicyclic amines) is 1. The van der Waals surface area contributed by atoms with Gasteiger partial charge in [-0.3, -0.25) is 0 Å². The van der Waals surface area contributed by atoms with Gasteiger partial charge in [-0.2, -0.15) is 0 Å². The van der Waals surface area contributed by atoms with E-state index in [1.807, 2.05) is 0 Å². The smallest absolute Gasteiger partial charge is 0.410 e. The van der Waals surface area contributed by atoms with Crippen LogP contribution in [0, 0.1) is 12.7 Å². The lowest BCUT2D eigenvalue weighted by Gasteiger charge is -2.26. The number of halogens is 1. The summed E-state index contributed by atoms with van der Waals surface area (Å²) in [4.78, 5) is 25.4. The Kier molecular flexibility index (Phi) is 4.27. The Labute approximate surface area is 130 Å². The van der Waals surface area contributed by atoms with Crippen LogP contribution in [0.1, 0.15) is 38.3 Å². The van der Waals surface area contributed by atoms with Gasteiger partial charge >= 0.3 is 6.09 Å². The highest BCUT2D eigenvalue weighted by Gasteiger charge is 2.42. The van der Waals surface area contributed by atoms with E-state index >= 15 is 0 Å². The Morgan fingerprint density at radius 1 is 1.41 bits per heavy atom. The quantitative estimate of drug-likeness (QED) is 0.788. The van der Waals surface area contributed by atoms with Crippen LogP contribution in [0.15, 0.2) is 18.2 Å². The molecule has 0 N–H and O–H groups in total. The van der Waals surface area contributed by atoms with Crippen LogP contribution in [-0.2, 0) is 14.9 Å². The number of hydrogen-bond donors (Lipinski definition) is 0. The maximum atomic E-state index is 13.4. The minimum absolute atomic E-state index is 0.260. The third-order valence-electron chi connectivity index (χ3n) is 3.91. The molecule has 1 heterocycles. The van der Waals surface area contributed by atoms with Crippen molar-refractivity contribution in [1.82, 2.24) is 4.90 Å². The fourth-order valence-electron chi connectivity index (χ4n) is 2.67. The topological polar surface area (TPSA) is 46.6 Å². The standard InChI is InChI=1S/C17H22FNO3/c1-12-9-13(5-6-14(12)18)17(11-20)7-8-19(10-17)15(21)22-16(2,3)4/h5-6,9,11H,7-8,10H2,1-4H3/t17-/m0/s1. The van der Waals surface area contributed by atoms with Crippen LogP contribution in [0.5, 0.6) is 0 Å². The minimum Gasteiger partial charge on any atom is -0.444 e. The Morgan fingerprint density at radius 3 is 2.64 bits per heavy atom. The number of amides is 1. The van der Waals surface area contributed by atoms with Crippen LogP contribution in [0.2, 0.25) is 0 Å². The molecule has 5 heteroatoms. The van der Waals surface area contributed by atoms with Crippen molar-refractivity contribution in [2.45, 2.75) is 45.1 Å². The predicted octanol–water partition coefficient (Wildman–Crippen LogP) is 3.21. The van der Waals surface area contributed by atoms with Crippen LogP contribution in [0.25, 0.3) is 0 Å². The van der Waals surface area contributed by atoms with Crippen molar-refractivity contribution in [3.8, 4) is 0 Å². The second-order valence-corrected chi connectivity index (χ2v) is 6.89. The molecule has 0 radical (unpaired) electrons. The molecule has 1 fully saturated rings. The lowest BCUT2D eigenvalue weighted by Crippen LogP contribution is -2.38. The minimum atomic E-state index is -0.782. The van der Waals surface area contributed by atoms with E-state index in [-0.39, 0.29) is 12.4 Å². The molecule has 1 aliphatic heterocycles. The van der Waals surface area contributed by atoms with Gasteiger partial charge in [-0.15, -0.1) is 0 Å². The molecular weight excluding hydrogens is 285 g/mol. The lowest BCUT2D eigenvalue weighted by molar-refractivity contribution is -0.112. The van der Waals surface area contributed by atoms with E-state index in [0.29, 0.717) is 18.5 Å². The molecule has 0 spiro atoms. The van der Waals surface area contributed by atoms with Crippen LogP contribution < -0.4 is 0 Å². The van der Waals surface area contributed by atoms with Gasteiger partial charge in [-0.1, -0.05) is 12.1 Å². The molecule has 1 amide bonds. The molecule has 4 nitrogen and oxygen atoms in total. The van der Waals surface area contributed by atoms with E-state index in [4.69, 9.17) is 4.74 Å². The summed E-state index contributed by atoms with van der Waals surface area (Å²) in [5.74, 6) is -0.299. The molecule has 1 saturated heterocycles. The first kappa shape index (κ1) is 16.5. The number of rotatable bonds is 2. The Bertz CT molecular complexity index is 594. The summed E-state index contributed by atoms with van der Waals surface area (Å²) in [7, 11) is 0. The first-order valence-electron chi connectivity index (χ1n) is 7.38. The molecule has 1 aromatic rings. The van der Waals surface area contributed by atoms with Gasteiger partial charge in [0.25, 0.3) is 0 Å². The number of benzene rings is 1. The van der Waals surface area contributed by atoms with E-state index in [1.54, 1.807) is 44.7 Å². The van der Waals surface area contributed by atoms with E-state index in [9.17, 15) is 14.0 Å². The highest BCUT2D eigenvalue weighted by atomic mass is 19.1. The summed E-state index contributed by atoms with van der Waals surface area (Å²) in [5.41, 5.74) is -0.118. The monoisotopic (exact) mass is 307 g/mol. The fraction of sp³-hybridized carbons (Fsp3) is 0.529. The lowest BCUT2D eigenvalue weighted by atomic mass is 9.80. The molecular formula is C17H22FNO3. The maximum absolute atomic E-state index is 13.4. The van der Waals surface area contributed by atoms with Crippen molar-refractivity contribution in [3.63, 3.8) is 0 Å². The van der Waals surface area contributed by atoms with Crippen molar-refractivity contribution in [1.29, 1.82) is 0 Å². The largest absolute Gasteiger partial charge is 0.444 e. The zero-order valence-electron chi connectivity index (χ0n) is 13.5. The van der Waals surface area contributed by atoms with Gasteiger partial charge in [0.1, 0.15) is 17.7 Å². The Morgan fingerprint density at radius 2 is 2.09 bits per heavy atom. The van der Waals surface area contributed by atoms with E-state index < -0.39 is 17.1 Å². The summed E-state index contributed by atoms with van der Waals surface area (Å²) in [6.45, 7) is 7.78. The Hall–Kier alpha value is -1.91. The van der Waals surface area contributed by atoms with Gasteiger partial charge in [0.15, 0.2) is 0 Å². The predicted molar refractivity (Wildman–Crippen MR) is 81.3 cm³/mol. The number of nitrogens with zero attached hydrogens (tertiary/aromatic N) is 1. The molecule has 0 unspecified atom stereocenters. The number of aryl methyl sites for hydroxylation is 1. The van der Waals surface area contributed by atoms with E-state index in [0.717, 1.165) is 11.8 Å². The highest BCUT2D eigenvalue weighted by molar-refractivity contribution is 5.75. The van der Waals surface area contributed by atoms with Gasteiger partial charge in [0, 0.05) is 13.1 Å². The molecule has 120 valence electrons. The van der Waals surface area contributed by atoms with E-state index in [2.05, 4.69) is 0 Å². The van der Waals surface area contributed by atoms with Crippen LogP contribution in [0.4, 0.5) is 9.18 Å². The first-order chi connectivity index (χ1) is 10.2. The van der Waals surface area contributed by atoms with Gasteiger partial charge in [-0.25, -0.2) is 9.18 Å². The van der Waals surface area contributed by atoms with Crippen molar-refractivity contribution < 1.29 is 18.7 Å². The average Bonchev–Trinajstić information content (AvgIpc) is 2.86. The fourth-order valence-corrected chi connectivity index (χ4v) is 2.67. The summed E-state index contributed by atoms with van der Waals surface area (Å²) in [6.07, 6.45) is 0.959. The van der Waals surface area contributed by atoms with Crippen LogP contribution in [0.3, 0.4) is 0 Å². The van der Waals surface area contributed by atoms with E-state index in [1.165, 1.54) is 6.07 Å². The average molecular weight is 307 g/mol. The summed E-state index contributed by atoms with van der Waals surface area (Å²) in [5, 5.41) is 0. The SMILES string of the molecule is Cc1cc([C@@]2(C=O)CCN(C(=O)OC(C)(C)C)C2)ccc1F. The van der Waals surface area contributed by atoms with Gasteiger partial charge in [0.2, 0.25) is 0 Å². The molecule has 0 saturated carbocycles. The molecule has 1 aromatic carbocycles. The molecule has 0 aliphatic carbocycles. The third-order valence-corrected chi connectivity index (χ3v) is 3.91. The number of ether oxygens (including phenoxy) is 1. The van der Waals surface area contributed by atoms with Crippen molar-refractivity contribution >= 4 is 12.4 Å². The molecule has 1 aliphatic rings. The van der Waals surface area contributed by atoms with Gasteiger partial charge < -0.3 is 14.4 Å². The molecule has 2 rings (SSSR count). The summed E-state index contributed by atoms with van der Waals surface area (Å²) < 4.78 is 18.8. The first-order valence-corrected chi connectivity index (χ1v) is 7.38.